The number of aliphatic hydroxyl groups excluding tert-OH is 2. The molecule has 0 aromatic carbocycles. The molecule has 0 aromatic heterocycles. The molecule has 0 bridgehead atoms. The van der Waals surface area contributed by atoms with Gasteiger partial charge >= 0.3 is 12.1 Å². The molecule has 4 rings (SSSR count). The number of esters is 1. The molecule has 0 amide bonds. The van der Waals surface area contributed by atoms with Crippen molar-refractivity contribution in [3.63, 3.8) is 0 Å². The zero-order valence-corrected chi connectivity index (χ0v) is 31.0. The van der Waals surface area contributed by atoms with Gasteiger partial charge in [0, 0.05) is 44.5 Å². The molecule has 16 atom stereocenters. The van der Waals surface area contributed by atoms with Crippen molar-refractivity contribution in [3.05, 3.63) is 36.5 Å². The van der Waals surface area contributed by atoms with Gasteiger partial charge in [-0.15, -0.1) is 0 Å². The average Bonchev–Trinajstić information content (AvgIpc) is 3.36. The van der Waals surface area contributed by atoms with Gasteiger partial charge in [0.2, 0.25) is 0 Å². The van der Waals surface area contributed by atoms with Crippen LogP contribution < -0.4 is 0 Å². The minimum Gasteiger partial charge on any atom is -0.459 e. The van der Waals surface area contributed by atoms with Gasteiger partial charge in [-0.05, 0) is 46.1 Å². The number of carbonyl (C=O) groups excluding carboxylic acids is 3. The number of cyclic esters (lactones) is 2. The lowest BCUT2D eigenvalue weighted by atomic mass is 9.82. The molecule has 4 heterocycles. The molecule has 14 nitrogen and oxygen atoms in total. The third-order valence-corrected chi connectivity index (χ3v) is 10.5. The highest BCUT2D eigenvalue weighted by Crippen LogP contribution is 2.42. The minimum absolute atomic E-state index is 0.0586. The number of carbonyl (C=O) groups is 3. The predicted octanol–water partition coefficient (Wildman–Crippen LogP) is 3.41. The molecule has 0 aromatic rings. The van der Waals surface area contributed by atoms with Crippen molar-refractivity contribution in [2.75, 3.05) is 20.8 Å². The highest BCUT2D eigenvalue weighted by Gasteiger charge is 2.61. The maximum atomic E-state index is 13.2. The summed E-state index contributed by atoms with van der Waals surface area (Å²) in [7, 11) is 2.96. The van der Waals surface area contributed by atoms with Crippen LogP contribution in [0.1, 0.15) is 61.3 Å². The predicted molar refractivity (Wildman–Crippen MR) is 181 cm³/mol. The van der Waals surface area contributed by atoms with Crippen molar-refractivity contribution in [1.82, 2.24) is 0 Å². The third-order valence-electron chi connectivity index (χ3n) is 10.5. The number of hydrogen-bond donors (Lipinski definition) is 2. The molecule has 3 fully saturated rings. The summed E-state index contributed by atoms with van der Waals surface area (Å²) < 4.78 is 52.1. The van der Waals surface area contributed by atoms with E-state index in [1.165, 1.54) is 26.4 Å². The van der Waals surface area contributed by atoms with Crippen molar-refractivity contribution < 1.29 is 67.2 Å². The van der Waals surface area contributed by atoms with Gasteiger partial charge in [0.25, 0.3) is 0 Å². The fourth-order valence-electron chi connectivity index (χ4n) is 7.38. The molecule has 3 saturated heterocycles. The first-order chi connectivity index (χ1) is 24.1. The van der Waals surface area contributed by atoms with Crippen LogP contribution in [0.4, 0.5) is 4.79 Å². The first-order valence-corrected chi connectivity index (χ1v) is 17.8. The molecule has 2 N–H and O–H groups in total. The van der Waals surface area contributed by atoms with Gasteiger partial charge in [-0.2, -0.15) is 0 Å². The van der Waals surface area contributed by atoms with E-state index in [0.29, 0.717) is 6.42 Å². The maximum absolute atomic E-state index is 13.2. The van der Waals surface area contributed by atoms with E-state index in [1.807, 2.05) is 20.8 Å². The Morgan fingerprint density at radius 3 is 2.18 bits per heavy atom. The second kappa shape index (κ2) is 17.9. The Kier molecular flexibility index (Phi) is 14.4. The van der Waals surface area contributed by atoms with Gasteiger partial charge in [-0.1, -0.05) is 45.1 Å². The third kappa shape index (κ3) is 9.65. The Labute approximate surface area is 300 Å². The van der Waals surface area contributed by atoms with E-state index in [4.69, 9.17) is 42.6 Å². The summed E-state index contributed by atoms with van der Waals surface area (Å²) in [6.45, 7) is 12.6. The van der Waals surface area contributed by atoms with Gasteiger partial charge in [0.05, 0.1) is 24.9 Å². The van der Waals surface area contributed by atoms with Crippen molar-refractivity contribution in [2.24, 2.45) is 23.7 Å². The summed E-state index contributed by atoms with van der Waals surface area (Å²) >= 11 is 0. The molecule has 0 radical (unpaired) electrons. The Morgan fingerprint density at radius 1 is 0.824 bits per heavy atom. The lowest BCUT2D eigenvalue weighted by molar-refractivity contribution is -0.308. The van der Waals surface area contributed by atoms with Crippen LogP contribution in [0.5, 0.6) is 0 Å². The molecular weight excluding hydrogens is 668 g/mol. The molecule has 288 valence electrons. The van der Waals surface area contributed by atoms with E-state index in [-0.39, 0.29) is 30.6 Å². The SMILES string of the molecule is CO[C@@H]1[C@H](O)[C@@H](C)O[C@@H](OCC2/C=C\C=C/C(=O)C(C)CC(C)C(O[C@@H]3O[C@H](C)C[C@@]4(OC(=O)O[C@H]4C)[C@H]3O)C(C)/C=C\C(=O)OC2C)[C@@H]1OC. The minimum atomic E-state index is -1.36. The van der Waals surface area contributed by atoms with Crippen LogP contribution in [0.15, 0.2) is 36.5 Å². The van der Waals surface area contributed by atoms with Crippen LogP contribution in [-0.4, -0.2) is 122 Å². The summed E-state index contributed by atoms with van der Waals surface area (Å²) in [5.74, 6) is -2.15. The van der Waals surface area contributed by atoms with Crippen LogP contribution in [0, 0.1) is 23.7 Å². The summed E-state index contributed by atoms with van der Waals surface area (Å²) in [6.07, 6.45) is 0.681. The standard InChI is InChI=1S/C37H56O14/c1-19-14-15-28(39)47-23(5)26(18-45-34-32(44-9)31(43-8)29(40)24(6)48-34)12-10-11-13-27(38)20(2)16-21(3)30(19)50-35-33(41)37(17-22(4)46-35)25(7)49-36(42)51-37/h10-15,19-26,29-35,40-41H,16-18H2,1-9H3/b12-10-,13-11-,15-14-/t19?,20?,21?,22-,23?,24-,25+,26?,29-,30?,31-,32-,33+,34-,35+,37+/m1/s1. The van der Waals surface area contributed by atoms with Gasteiger partial charge in [0.1, 0.15) is 36.6 Å². The van der Waals surface area contributed by atoms with Crippen LogP contribution in [0.3, 0.4) is 0 Å². The van der Waals surface area contributed by atoms with E-state index in [2.05, 4.69) is 0 Å². The number of ether oxygens (including phenoxy) is 9. The maximum Gasteiger partial charge on any atom is 0.509 e. The fourth-order valence-corrected chi connectivity index (χ4v) is 7.38. The highest BCUT2D eigenvalue weighted by atomic mass is 16.8. The van der Waals surface area contributed by atoms with Crippen molar-refractivity contribution in [3.8, 4) is 0 Å². The van der Waals surface area contributed by atoms with E-state index in [1.54, 1.807) is 52.0 Å². The number of methoxy groups -OCH3 is 2. The van der Waals surface area contributed by atoms with E-state index in [0.717, 1.165) is 0 Å². The second-order valence-corrected chi connectivity index (χ2v) is 14.4. The first-order valence-electron chi connectivity index (χ1n) is 17.8. The summed E-state index contributed by atoms with van der Waals surface area (Å²) in [6, 6.07) is 0. The monoisotopic (exact) mass is 724 g/mol. The van der Waals surface area contributed by atoms with Crippen molar-refractivity contribution >= 4 is 17.9 Å². The molecule has 4 aliphatic rings. The average molecular weight is 725 g/mol. The lowest BCUT2D eigenvalue weighted by Gasteiger charge is -2.46. The van der Waals surface area contributed by atoms with Gasteiger partial charge < -0.3 is 52.8 Å². The van der Waals surface area contributed by atoms with E-state index < -0.39 is 97.1 Å². The Morgan fingerprint density at radius 2 is 1.53 bits per heavy atom. The first kappa shape index (κ1) is 41.1. The lowest BCUT2D eigenvalue weighted by Crippen LogP contribution is -2.62. The zero-order valence-electron chi connectivity index (χ0n) is 31.0. The van der Waals surface area contributed by atoms with Gasteiger partial charge in [-0.25, -0.2) is 9.59 Å². The van der Waals surface area contributed by atoms with Crippen LogP contribution in [-0.2, 0) is 52.2 Å². The van der Waals surface area contributed by atoms with Crippen LogP contribution in [0.2, 0.25) is 0 Å². The number of hydrogen-bond acceptors (Lipinski definition) is 14. The molecular formula is C37H56O14. The van der Waals surface area contributed by atoms with Gasteiger partial charge in [-0.3, -0.25) is 4.79 Å². The Bertz CT molecular complexity index is 1280. The largest absolute Gasteiger partial charge is 0.509 e. The number of allylic oxidation sites excluding steroid dienone is 3. The molecule has 1 spiro atoms. The second-order valence-electron chi connectivity index (χ2n) is 14.4. The Balaban J connectivity index is 1.53. The summed E-state index contributed by atoms with van der Waals surface area (Å²) in [5.41, 5.74) is -1.35. The zero-order chi connectivity index (χ0) is 37.6. The Hall–Kier alpha value is -2.69. The topological polar surface area (TPSA) is 175 Å². The number of aliphatic hydroxyl groups is 2. The summed E-state index contributed by atoms with van der Waals surface area (Å²) in [5, 5.41) is 22.0. The van der Waals surface area contributed by atoms with Crippen molar-refractivity contribution in [2.45, 2.75) is 134 Å². The molecule has 0 saturated carbocycles. The summed E-state index contributed by atoms with van der Waals surface area (Å²) in [4.78, 5) is 38.4. The normalized spacial score (nSPS) is 46.2. The van der Waals surface area contributed by atoms with Crippen molar-refractivity contribution in [1.29, 1.82) is 0 Å². The molecule has 4 aliphatic heterocycles. The molecule has 51 heavy (non-hydrogen) atoms. The molecule has 14 heteroatoms. The highest BCUT2D eigenvalue weighted by molar-refractivity contribution is 5.91. The molecule has 0 aliphatic carbocycles. The quantitative estimate of drug-likeness (QED) is 0.366. The number of ketones is 1. The van der Waals surface area contributed by atoms with Gasteiger partial charge in [0.15, 0.2) is 24.0 Å². The van der Waals surface area contributed by atoms with Crippen LogP contribution in [0.25, 0.3) is 0 Å². The van der Waals surface area contributed by atoms with Crippen LogP contribution >= 0.6 is 0 Å². The van der Waals surface area contributed by atoms with E-state index in [9.17, 15) is 24.6 Å². The number of rotatable bonds is 7. The molecule has 6 unspecified atom stereocenters. The van der Waals surface area contributed by atoms with E-state index >= 15 is 0 Å². The fraction of sp³-hybridized carbons (Fsp3) is 0.757. The smallest absolute Gasteiger partial charge is 0.459 e.